The van der Waals surface area contributed by atoms with Gasteiger partial charge in [0.15, 0.2) is 0 Å². The number of piperidine rings is 2. The molecule has 2 aliphatic rings. The van der Waals surface area contributed by atoms with Crippen molar-refractivity contribution in [1.82, 2.24) is 9.80 Å². The Balaban J connectivity index is 1.51. The molecule has 2 saturated heterocycles. The summed E-state index contributed by atoms with van der Waals surface area (Å²) in [7, 11) is 0. The van der Waals surface area contributed by atoms with Gasteiger partial charge in [0.1, 0.15) is 0 Å². The van der Waals surface area contributed by atoms with Gasteiger partial charge in [-0.15, -0.1) is 0 Å². The minimum absolute atomic E-state index is 0.0276. The molecule has 0 saturated carbocycles. The molecule has 2 heterocycles. The highest BCUT2D eigenvalue weighted by atomic mass is 16.2. The van der Waals surface area contributed by atoms with E-state index in [2.05, 4.69) is 35.8 Å². The van der Waals surface area contributed by atoms with Crippen LogP contribution < -0.4 is 5.73 Å². The molecule has 3 rings (SSSR count). The van der Waals surface area contributed by atoms with E-state index < -0.39 is 0 Å². The molecule has 0 spiro atoms. The number of benzene rings is 1. The minimum Gasteiger partial charge on any atom is -0.398 e. The first-order valence-electron chi connectivity index (χ1n) is 10.7. The van der Waals surface area contributed by atoms with Crippen LogP contribution in [0.15, 0.2) is 12.1 Å². The molecule has 1 amide bonds. The molecule has 150 valence electrons. The van der Waals surface area contributed by atoms with Crippen LogP contribution in [0.3, 0.4) is 0 Å². The predicted octanol–water partition coefficient (Wildman–Crippen LogP) is 3.79. The molecule has 4 heteroatoms. The van der Waals surface area contributed by atoms with Crippen molar-refractivity contribution < 1.29 is 4.79 Å². The van der Waals surface area contributed by atoms with Crippen molar-refractivity contribution in [3.8, 4) is 0 Å². The number of rotatable bonds is 4. The van der Waals surface area contributed by atoms with Gasteiger partial charge in [-0.1, -0.05) is 26.0 Å². The van der Waals surface area contributed by atoms with Gasteiger partial charge in [0, 0.05) is 30.7 Å². The van der Waals surface area contributed by atoms with Crippen molar-refractivity contribution in [1.29, 1.82) is 0 Å². The van der Waals surface area contributed by atoms with Crippen molar-refractivity contribution in [2.75, 3.05) is 31.9 Å². The zero-order chi connectivity index (χ0) is 19.6. The van der Waals surface area contributed by atoms with Gasteiger partial charge in [-0.3, -0.25) is 4.79 Å². The lowest BCUT2D eigenvalue weighted by Crippen LogP contribution is -2.49. The van der Waals surface area contributed by atoms with Gasteiger partial charge in [-0.05, 0) is 81.6 Å². The summed E-state index contributed by atoms with van der Waals surface area (Å²) < 4.78 is 0. The molecule has 1 aromatic carbocycles. The molecule has 27 heavy (non-hydrogen) atoms. The third-order valence-corrected chi connectivity index (χ3v) is 6.73. The Morgan fingerprint density at radius 3 is 2.19 bits per heavy atom. The van der Waals surface area contributed by atoms with Crippen LogP contribution in [0.5, 0.6) is 0 Å². The van der Waals surface area contributed by atoms with Crippen LogP contribution in [0.25, 0.3) is 0 Å². The molecule has 2 N–H and O–H groups in total. The molecule has 0 bridgehead atoms. The van der Waals surface area contributed by atoms with Crippen LogP contribution in [0.1, 0.15) is 56.2 Å². The van der Waals surface area contributed by atoms with Crippen LogP contribution >= 0.6 is 0 Å². The Morgan fingerprint density at radius 1 is 1.07 bits per heavy atom. The van der Waals surface area contributed by atoms with Gasteiger partial charge in [0.05, 0.1) is 0 Å². The number of likely N-dealkylation sites (tertiary alicyclic amines) is 2. The Hall–Kier alpha value is -1.55. The van der Waals surface area contributed by atoms with E-state index in [4.69, 9.17) is 5.73 Å². The topological polar surface area (TPSA) is 49.6 Å². The summed E-state index contributed by atoms with van der Waals surface area (Å²) in [6, 6.07) is 4.95. The number of aryl methyl sites for hydroxylation is 2. The number of hydrogen-bond donors (Lipinski definition) is 1. The van der Waals surface area contributed by atoms with Crippen LogP contribution in [-0.4, -0.2) is 47.9 Å². The Bertz CT molecular complexity index is 633. The zero-order valence-corrected chi connectivity index (χ0v) is 17.6. The van der Waals surface area contributed by atoms with Crippen LogP contribution in [0, 0.1) is 25.7 Å². The van der Waals surface area contributed by atoms with E-state index in [-0.39, 0.29) is 5.92 Å². The van der Waals surface area contributed by atoms with Crippen LogP contribution in [-0.2, 0) is 11.2 Å². The lowest BCUT2D eigenvalue weighted by atomic mass is 9.93. The van der Waals surface area contributed by atoms with E-state index in [0.717, 1.165) is 55.1 Å². The quantitative estimate of drug-likeness (QED) is 0.819. The molecule has 2 fully saturated rings. The number of nitrogens with zero attached hydrogens (tertiary/aromatic N) is 2. The predicted molar refractivity (Wildman–Crippen MR) is 113 cm³/mol. The number of carbonyl (C=O) groups excluding carboxylic acids is 1. The monoisotopic (exact) mass is 371 g/mol. The minimum atomic E-state index is 0.0276. The summed E-state index contributed by atoms with van der Waals surface area (Å²) in [6.45, 7) is 12.8. The Kier molecular flexibility index (Phi) is 6.46. The maximum atomic E-state index is 13.0. The van der Waals surface area contributed by atoms with Crippen molar-refractivity contribution >= 4 is 11.6 Å². The fourth-order valence-electron chi connectivity index (χ4n) is 4.78. The summed E-state index contributed by atoms with van der Waals surface area (Å²) in [5.41, 5.74) is 10.4. The summed E-state index contributed by atoms with van der Waals surface area (Å²) in [5, 5.41) is 0. The molecule has 0 aliphatic carbocycles. The van der Waals surface area contributed by atoms with Crippen LogP contribution in [0.2, 0.25) is 0 Å². The average molecular weight is 372 g/mol. The summed E-state index contributed by atoms with van der Waals surface area (Å²) in [6.07, 6.45) is 5.72. The van der Waals surface area contributed by atoms with E-state index in [1.807, 2.05) is 13.8 Å². The summed E-state index contributed by atoms with van der Waals surface area (Å²) in [4.78, 5) is 17.7. The second-order valence-corrected chi connectivity index (χ2v) is 9.02. The first kappa shape index (κ1) is 20.2. The second-order valence-electron chi connectivity index (χ2n) is 9.02. The molecule has 0 unspecified atom stereocenters. The Morgan fingerprint density at radius 2 is 1.63 bits per heavy atom. The number of nitrogens with two attached hydrogens (primary N) is 1. The highest BCUT2D eigenvalue weighted by Crippen LogP contribution is 2.25. The molecule has 0 aromatic heterocycles. The van der Waals surface area contributed by atoms with Gasteiger partial charge in [-0.25, -0.2) is 0 Å². The Labute approximate surface area is 165 Å². The highest BCUT2D eigenvalue weighted by molar-refractivity contribution is 5.79. The smallest absolute Gasteiger partial charge is 0.225 e. The number of anilines is 1. The summed E-state index contributed by atoms with van der Waals surface area (Å²) >= 11 is 0. The molecule has 1 aromatic rings. The standard InChI is InChI=1S/C23H37N3O/c1-16-5-9-25(10-6-16)21-7-11-26(12-8-21)23(27)19(4)15-20-13-17(2)22(24)18(3)14-20/h13-14,16,19,21H,5-12,15,24H2,1-4H3/t19-/m1/s1. The third-order valence-electron chi connectivity index (χ3n) is 6.73. The number of carbonyl (C=O) groups is 1. The fourth-order valence-corrected chi connectivity index (χ4v) is 4.78. The fraction of sp³-hybridized carbons (Fsp3) is 0.696. The number of amides is 1. The summed E-state index contributed by atoms with van der Waals surface area (Å²) in [5.74, 6) is 1.22. The van der Waals surface area contributed by atoms with E-state index >= 15 is 0 Å². The van der Waals surface area contributed by atoms with Crippen molar-refractivity contribution in [2.24, 2.45) is 11.8 Å². The maximum absolute atomic E-state index is 13.0. The second kappa shape index (κ2) is 8.64. The van der Waals surface area contributed by atoms with E-state index in [1.165, 1.54) is 31.5 Å². The lowest BCUT2D eigenvalue weighted by molar-refractivity contribution is -0.136. The van der Waals surface area contributed by atoms with Gasteiger partial charge in [0.25, 0.3) is 0 Å². The molecule has 2 aliphatic heterocycles. The van der Waals surface area contributed by atoms with Crippen LogP contribution in [0.4, 0.5) is 5.69 Å². The first-order chi connectivity index (χ1) is 12.8. The average Bonchev–Trinajstić information content (AvgIpc) is 2.66. The van der Waals surface area contributed by atoms with E-state index in [1.54, 1.807) is 0 Å². The normalized spacial score (nSPS) is 21.4. The molecule has 4 nitrogen and oxygen atoms in total. The van der Waals surface area contributed by atoms with Gasteiger partial charge in [0.2, 0.25) is 5.91 Å². The van der Waals surface area contributed by atoms with Crippen molar-refractivity contribution in [3.05, 3.63) is 28.8 Å². The molecule has 0 radical (unpaired) electrons. The molecular formula is C23H37N3O. The zero-order valence-electron chi connectivity index (χ0n) is 17.6. The molecule has 1 atom stereocenters. The SMILES string of the molecule is Cc1cc(C[C@@H](C)C(=O)N2CCC(N3CCC(C)CC3)CC2)cc(C)c1N. The largest absolute Gasteiger partial charge is 0.398 e. The molecular weight excluding hydrogens is 334 g/mol. The van der Waals surface area contributed by atoms with Crippen molar-refractivity contribution in [2.45, 2.75) is 65.8 Å². The highest BCUT2D eigenvalue weighted by Gasteiger charge is 2.30. The van der Waals surface area contributed by atoms with Gasteiger partial charge in [-0.2, -0.15) is 0 Å². The first-order valence-corrected chi connectivity index (χ1v) is 10.7. The van der Waals surface area contributed by atoms with E-state index in [9.17, 15) is 4.79 Å². The number of hydrogen-bond acceptors (Lipinski definition) is 3. The van der Waals surface area contributed by atoms with Crippen molar-refractivity contribution in [3.63, 3.8) is 0 Å². The maximum Gasteiger partial charge on any atom is 0.225 e. The van der Waals surface area contributed by atoms with Gasteiger partial charge >= 0.3 is 0 Å². The lowest BCUT2D eigenvalue weighted by Gasteiger charge is -2.41. The van der Waals surface area contributed by atoms with Gasteiger partial charge < -0.3 is 15.5 Å². The number of nitrogen functional groups attached to an aromatic ring is 1. The van der Waals surface area contributed by atoms with E-state index in [0.29, 0.717) is 11.9 Å². The third kappa shape index (κ3) is 4.84.